The van der Waals surface area contributed by atoms with Crippen molar-refractivity contribution in [3.63, 3.8) is 0 Å². The minimum Gasteiger partial charge on any atom is -0.287 e. The standard InChI is InChI=1S/C14H13N5O2S/c20-13-5-14(22(21)17-13)19-7-10-6-18(9-12(10)16-19)8-11-3-1-2-4-15-11/h1-5,7H,6,8-9H2,(H,17,20). The van der Waals surface area contributed by atoms with Crippen molar-refractivity contribution in [1.29, 1.82) is 0 Å². The van der Waals surface area contributed by atoms with Crippen molar-refractivity contribution in [1.82, 2.24) is 24.4 Å². The zero-order valence-electron chi connectivity index (χ0n) is 11.6. The summed E-state index contributed by atoms with van der Waals surface area (Å²) in [4.78, 5) is 17.8. The lowest BCUT2D eigenvalue weighted by Crippen LogP contribution is -2.19. The molecule has 2 aromatic rings. The fourth-order valence-electron chi connectivity index (χ4n) is 2.65. The second-order valence-electron chi connectivity index (χ2n) is 5.23. The summed E-state index contributed by atoms with van der Waals surface area (Å²) in [6.07, 6.45) is 4.96. The first-order valence-electron chi connectivity index (χ1n) is 6.83. The summed E-state index contributed by atoms with van der Waals surface area (Å²) in [6.45, 7) is 2.26. The van der Waals surface area contributed by atoms with Crippen LogP contribution in [0.15, 0.2) is 36.7 Å². The van der Waals surface area contributed by atoms with Crippen LogP contribution in [0.5, 0.6) is 0 Å². The van der Waals surface area contributed by atoms with Gasteiger partial charge >= 0.3 is 0 Å². The van der Waals surface area contributed by atoms with Gasteiger partial charge in [-0.3, -0.25) is 19.4 Å². The van der Waals surface area contributed by atoms with Gasteiger partial charge < -0.3 is 0 Å². The first-order valence-corrected chi connectivity index (χ1v) is 7.98. The van der Waals surface area contributed by atoms with Gasteiger partial charge in [0.2, 0.25) is 0 Å². The first-order chi connectivity index (χ1) is 10.7. The minimum absolute atomic E-state index is 0.347. The molecule has 0 radical (unpaired) electrons. The Kier molecular flexibility index (Phi) is 3.12. The zero-order valence-corrected chi connectivity index (χ0v) is 12.4. The molecule has 2 aliphatic heterocycles. The molecule has 0 saturated heterocycles. The number of hydrogen-bond acceptors (Lipinski definition) is 5. The predicted molar refractivity (Wildman–Crippen MR) is 80.0 cm³/mol. The molecule has 0 fully saturated rings. The van der Waals surface area contributed by atoms with E-state index in [1.165, 1.54) is 10.8 Å². The van der Waals surface area contributed by atoms with Crippen LogP contribution < -0.4 is 4.72 Å². The zero-order chi connectivity index (χ0) is 15.1. The maximum Gasteiger partial charge on any atom is 0.258 e. The van der Waals surface area contributed by atoms with Crippen LogP contribution in [0.25, 0.3) is 5.03 Å². The molecule has 1 atom stereocenters. The smallest absolute Gasteiger partial charge is 0.258 e. The van der Waals surface area contributed by atoms with Crippen molar-refractivity contribution >= 4 is 21.9 Å². The number of carbonyl (C=O) groups excluding carboxylic acids is 1. The third kappa shape index (κ3) is 2.36. The Balaban J connectivity index is 1.50. The number of carbonyl (C=O) groups is 1. The monoisotopic (exact) mass is 315 g/mol. The maximum absolute atomic E-state index is 11.7. The van der Waals surface area contributed by atoms with E-state index >= 15 is 0 Å². The Morgan fingerprint density at radius 2 is 2.23 bits per heavy atom. The number of fused-ring (bicyclic) bond motifs is 1. The van der Waals surface area contributed by atoms with Gasteiger partial charge in [-0.25, -0.2) is 8.89 Å². The molecule has 7 nitrogen and oxygen atoms in total. The summed E-state index contributed by atoms with van der Waals surface area (Å²) >= 11 is 0. The highest BCUT2D eigenvalue weighted by Crippen LogP contribution is 2.25. The summed E-state index contributed by atoms with van der Waals surface area (Å²) in [5.74, 6) is -0.347. The number of hydrogen-bond donors (Lipinski definition) is 1. The van der Waals surface area contributed by atoms with E-state index in [9.17, 15) is 9.00 Å². The van der Waals surface area contributed by atoms with Crippen LogP contribution in [0.2, 0.25) is 0 Å². The number of nitrogens with one attached hydrogen (secondary N) is 1. The van der Waals surface area contributed by atoms with Crippen molar-refractivity contribution in [2.45, 2.75) is 19.6 Å². The Bertz CT molecular complexity index is 775. The van der Waals surface area contributed by atoms with E-state index in [4.69, 9.17) is 0 Å². The highest BCUT2D eigenvalue weighted by Gasteiger charge is 2.27. The first kappa shape index (κ1) is 13.4. The molecule has 4 heterocycles. The van der Waals surface area contributed by atoms with Crippen molar-refractivity contribution in [3.8, 4) is 0 Å². The van der Waals surface area contributed by atoms with E-state index < -0.39 is 11.0 Å². The summed E-state index contributed by atoms with van der Waals surface area (Å²) in [6, 6.07) is 5.88. The number of aromatic nitrogens is 3. The van der Waals surface area contributed by atoms with Gasteiger partial charge in [-0.1, -0.05) is 6.07 Å². The molecule has 2 aliphatic rings. The van der Waals surface area contributed by atoms with E-state index in [1.54, 1.807) is 6.20 Å². The second-order valence-corrected chi connectivity index (χ2v) is 6.39. The highest BCUT2D eigenvalue weighted by atomic mass is 32.2. The quantitative estimate of drug-likeness (QED) is 0.886. The summed E-state index contributed by atoms with van der Waals surface area (Å²) in [5.41, 5.74) is 3.07. The van der Waals surface area contributed by atoms with Crippen LogP contribution in [0.1, 0.15) is 17.0 Å². The van der Waals surface area contributed by atoms with Crippen LogP contribution in [0.4, 0.5) is 0 Å². The summed E-state index contributed by atoms with van der Waals surface area (Å²) in [7, 11) is -1.52. The van der Waals surface area contributed by atoms with Gasteiger partial charge in [-0.2, -0.15) is 5.10 Å². The molecule has 0 spiro atoms. The van der Waals surface area contributed by atoms with E-state index in [-0.39, 0.29) is 5.91 Å². The molecule has 22 heavy (non-hydrogen) atoms. The van der Waals surface area contributed by atoms with Gasteiger partial charge in [0.25, 0.3) is 5.91 Å². The molecular formula is C14H13N5O2S. The largest absolute Gasteiger partial charge is 0.287 e. The topological polar surface area (TPSA) is 80.1 Å². The molecule has 4 rings (SSSR count). The molecule has 0 aromatic carbocycles. The second kappa shape index (κ2) is 5.15. The van der Waals surface area contributed by atoms with Crippen molar-refractivity contribution in [2.24, 2.45) is 0 Å². The van der Waals surface area contributed by atoms with E-state index in [0.717, 1.165) is 36.6 Å². The van der Waals surface area contributed by atoms with Crippen molar-refractivity contribution in [2.75, 3.05) is 0 Å². The van der Waals surface area contributed by atoms with Gasteiger partial charge in [-0.15, -0.1) is 0 Å². The number of nitrogens with zero attached hydrogens (tertiary/aromatic N) is 4. The predicted octanol–water partition coefficient (Wildman–Crippen LogP) is 0.386. The molecule has 1 unspecified atom stereocenters. The van der Waals surface area contributed by atoms with E-state index in [0.29, 0.717) is 5.03 Å². The molecule has 0 aliphatic carbocycles. The van der Waals surface area contributed by atoms with E-state index in [2.05, 4.69) is 19.7 Å². The lowest BCUT2D eigenvalue weighted by molar-refractivity contribution is -0.114. The van der Waals surface area contributed by atoms with Gasteiger partial charge in [-0.05, 0) is 12.1 Å². The fraction of sp³-hybridized carbons (Fsp3) is 0.214. The van der Waals surface area contributed by atoms with Gasteiger partial charge in [0, 0.05) is 43.7 Å². The van der Waals surface area contributed by atoms with Crippen LogP contribution in [0.3, 0.4) is 0 Å². The van der Waals surface area contributed by atoms with Crippen molar-refractivity contribution < 1.29 is 9.00 Å². The van der Waals surface area contributed by atoms with Crippen LogP contribution in [-0.2, 0) is 35.4 Å². The summed E-state index contributed by atoms with van der Waals surface area (Å²) < 4.78 is 15.6. The molecule has 112 valence electrons. The molecule has 0 bridgehead atoms. The van der Waals surface area contributed by atoms with Crippen LogP contribution in [0, 0.1) is 0 Å². The van der Waals surface area contributed by atoms with Gasteiger partial charge in [0.05, 0.1) is 11.4 Å². The molecular weight excluding hydrogens is 302 g/mol. The number of pyridine rings is 1. The molecule has 1 N–H and O–H groups in total. The normalized spacial score (nSPS) is 20.8. The average Bonchev–Trinajstić information content (AvgIpc) is 3.12. The maximum atomic E-state index is 11.7. The SMILES string of the molecule is O=C1C=C(n2cc3c(n2)CN(Cc2ccccn2)C3)S(=O)N1. The minimum atomic E-state index is -1.52. The molecule has 8 heteroatoms. The summed E-state index contributed by atoms with van der Waals surface area (Å²) in [5, 5.41) is 4.84. The Hall–Kier alpha value is -2.32. The Morgan fingerprint density at radius 1 is 1.32 bits per heavy atom. The third-order valence-electron chi connectivity index (χ3n) is 3.62. The van der Waals surface area contributed by atoms with E-state index in [1.807, 2.05) is 24.4 Å². The van der Waals surface area contributed by atoms with Crippen LogP contribution in [-0.4, -0.2) is 29.8 Å². The molecule has 2 aromatic heterocycles. The Morgan fingerprint density at radius 3 is 2.91 bits per heavy atom. The molecule has 1 amide bonds. The van der Waals surface area contributed by atoms with Crippen molar-refractivity contribution in [3.05, 3.63) is 53.6 Å². The highest BCUT2D eigenvalue weighted by molar-refractivity contribution is 7.93. The fourth-order valence-corrected chi connectivity index (χ4v) is 3.48. The lowest BCUT2D eigenvalue weighted by atomic mass is 10.3. The third-order valence-corrected chi connectivity index (χ3v) is 4.69. The van der Waals surface area contributed by atoms with Gasteiger partial charge in [0.15, 0.2) is 16.0 Å². The van der Waals surface area contributed by atoms with Crippen LogP contribution >= 0.6 is 0 Å². The molecule has 0 saturated carbocycles. The lowest BCUT2D eigenvalue weighted by Gasteiger charge is -2.14. The Labute approximate surface area is 129 Å². The average molecular weight is 315 g/mol. The number of rotatable bonds is 3. The number of amides is 1. The van der Waals surface area contributed by atoms with Gasteiger partial charge in [0.1, 0.15) is 0 Å².